The van der Waals surface area contributed by atoms with Crippen molar-refractivity contribution in [3.8, 4) is 0 Å². The molecule has 2 aliphatic carbocycles. The summed E-state index contributed by atoms with van der Waals surface area (Å²) in [5.74, 6) is 1.16. The van der Waals surface area contributed by atoms with E-state index < -0.39 is 0 Å². The molecule has 1 heterocycles. The number of nitrogens with zero attached hydrogens (tertiary/aromatic N) is 1. The van der Waals surface area contributed by atoms with Gasteiger partial charge in [0.15, 0.2) is 0 Å². The van der Waals surface area contributed by atoms with Gasteiger partial charge in [-0.05, 0) is 114 Å². The number of hydrogen-bond donors (Lipinski definition) is 4. The van der Waals surface area contributed by atoms with Gasteiger partial charge >= 0.3 is 0 Å². The average Bonchev–Trinajstić information content (AvgIpc) is 3.95. The van der Waals surface area contributed by atoms with Crippen LogP contribution >= 0.6 is 11.9 Å². The molecule has 5 atom stereocenters. The molecule has 8 heteroatoms. The minimum Gasteiger partial charge on any atom is -0.379 e. The fraction of sp³-hybridized carbons (Fsp3) is 0.650. The summed E-state index contributed by atoms with van der Waals surface area (Å²) in [6, 6.07) is 10.1. The molecule has 0 spiro atoms. The van der Waals surface area contributed by atoms with Crippen molar-refractivity contribution in [1.82, 2.24) is 20.9 Å². The maximum absolute atomic E-state index is 13.4. The van der Waals surface area contributed by atoms with Gasteiger partial charge in [0.25, 0.3) is 0 Å². The fourth-order valence-electron chi connectivity index (χ4n) is 6.21. The van der Waals surface area contributed by atoms with Crippen LogP contribution in [0.15, 0.2) is 66.7 Å². The van der Waals surface area contributed by atoms with E-state index in [9.17, 15) is 9.59 Å². The van der Waals surface area contributed by atoms with E-state index >= 15 is 0 Å². The van der Waals surface area contributed by atoms with Crippen molar-refractivity contribution in [2.24, 2.45) is 17.0 Å². The second-order valence-corrected chi connectivity index (χ2v) is 14.4. The second kappa shape index (κ2) is 24.6. The first-order valence-electron chi connectivity index (χ1n) is 18.7. The molecule has 2 amide bonds. The summed E-state index contributed by atoms with van der Waals surface area (Å²) in [5.41, 5.74) is 1.32. The van der Waals surface area contributed by atoms with Crippen LogP contribution in [0.3, 0.4) is 0 Å². The Kier molecular flexibility index (Phi) is 21.3. The van der Waals surface area contributed by atoms with Gasteiger partial charge in [-0.1, -0.05) is 87.9 Å². The van der Waals surface area contributed by atoms with Gasteiger partial charge in [0, 0.05) is 19.1 Å². The van der Waals surface area contributed by atoms with E-state index in [0.29, 0.717) is 11.8 Å². The number of hydrogen-bond acceptors (Lipinski definition) is 6. The highest BCUT2D eigenvalue weighted by atomic mass is 32.2. The zero-order chi connectivity index (χ0) is 35.1. The maximum atomic E-state index is 13.4. The summed E-state index contributed by atoms with van der Waals surface area (Å²) in [5, 5.41) is 16.3. The first kappa shape index (κ1) is 41.6. The van der Waals surface area contributed by atoms with Crippen LogP contribution in [0.25, 0.3) is 0 Å². The predicted octanol–water partition coefficient (Wildman–Crippen LogP) is 8.22. The van der Waals surface area contributed by atoms with Crippen LogP contribution < -0.4 is 21.1 Å². The third-order valence-corrected chi connectivity index (χ3v) is 10.0. The van der Waals surface area contributed by atoms with E-state index in [1.54, 1.807) is 0 Å². The summed E-state index contributed by atoms with van der Waals surface area (Å²) in [4.78, 5) is 28.4. The molecule has 5 N–H and O–H groups in total. The van der Waals surface area contributed by atoms with Crippen molar-refractivity contribution in [2.75, 3.05) is 19.6 Å². The van der Waals surface area contributed by atoms with Crippen molar-refractivity contribution in [3.05, 3.63) is 72.3 Å². The Hall–Kier alpha value is -2.55. The average molecular weight is 682 g/mol. The lowest BCUT2D eigenvalue weighted by Crippen LogP contribution is -2.56. The Balaban J connectivity index is 0.000000390. The number of allylic oxidation sites excluding steroid dienone is 3. The molecule has 3 fully saturated rings. The number of rotatable bonds is 17. The molecule has 0 bridgehead atoms. The first-order valence-corrected chi connectivity index (χ1v) is 19.6. The van der Waals surface area contributed by atoms with Gasteiger partial charge in [0.05, 0.1) is 11.1 Å². The van der Waals surface area contributed by atoms with Crippen LogP contribution in [-0.4, -0.2) is 54.5 Å². The van der Waals surface area contributed by atoms with Crippen molar-refractivity contribution in [3.63, 3.8) is 0 Å². The van der Waals surface area contributed by atoms with Gasteiger partial charge in [0.1, 0.15) is 6.04 Å². The molecule has 48 heavy (non-hydrogen) atoms. The highest BCUT2D eigenvalue weighted by Gasteiger charge is 2.37. The molecule has 1 aromatic rings. The Morgan fingerprint density at radius 1 is 1.00 bits per heavy atom. The quantitative estimate of drug-likeness (QED) is 0.0977. The van der Waals surface area contributed by atoms with Crippen LogP contribution in [0.1, 0.15) is 123 Å². The summed E-state index contributed by atoms with van der Waals surface area (Å²) < 4.78 is 0. The smallest absolute Gasteiger partial charge is 0.245 e. The van der Waals surface area contributed by atoms with Crippen molar-refractivity contribution < 1.29 is 9.59 Å². The predicted molar refractivity (Wildman–Crippen MR) is 206 cm³/mol. The zero-order valence-electron chi connectivity index (χ0n) is 30.6. The van der Waals surface area contributed by atoms with E-state index in [-0.39, 0.29) is 35.9 Å². The van der Waals surface area contributed by atoms with Crippen LogP contribution in [0.5, 0.6) is 0 Å². The Labute approximate surface area is 297 Å². The van der Waals surface area contributed by atoms with Gasteiger partial charge in [-0.2, -0.15) is 0 Å². The van der Waals surface area contributed by atoms with E-state index in [1.165, 1.54) is 43.2 Å². The molecule has 0 aromatic heterocycles. The zero-order valence-corrected chi connectivity index (χ0v) is 31.4. The van der Waals surface area contributed by atoms with Gasteiger partial charge in [0.2, 0.25) is 11.8 Å². The lowest BCUT2D eigenvalue weighted by atomic mass is 9.83. The number of likely N-dealkylation sites (tertiary alicyclic amines) is 1. The number of benzene rings is 1. The molecule has 0 radical (unpaired) electrons. The summed E-state index contributed by atoms with van der Waals surface area (Å²) >= 11 is 1.25. The molecule has 270 valence electrons. The molecule has 3 aliphatic rings. The van der Waals surface area contributed by atoms with E-state index in [1.807, 2.05) is 30.0 Å². The third kappa shape index (κ3) is 16.2. The molecular weight excluding hydrogens is 615 g/mol. The SMILES string of the molecule is C1CC1.C=CCCC(C=C)/C=C(\NCC)SN.CC(NCCC(C)c1ccccc1)C(=O)NC(C(=O)N1CCCC1C)C1CCCCC1. The maximum Gasteiger partial charge on any atom is 0.245 e. The second-order valence-electron chi connectivity index (χ2n) is 13.7. The molecule has 1 saturated heterocycles. The van der Waals surface area contributed by atoms with Gasteiger partial charge in [-0.15, -0.1) is 13.2 Å². The molecule has 4 rings (SSSR count). The van der Waals surface area contributed by atoms with Crippen LogP contribution in [-0.2, 0) is 9.59 Å². The topological polar surface area (TPSA) is 99.5 Å². The van der Waals surface area contributed by atoms with Gasteiger partial charge < -0.3 is 20.9 Å². The summed E-state index contributed by atoms with van der Waals surface area (Å²) in [6.45, 7) is 18.3. The van der Waals surface area contributed by atoms with E-state index in [0.717, 1.165) is 82.5 Å². The number of amides is 2. The Morgan fingerprint density at radius 2 is 1.67 bits per heavy atom. The molecule has 1 aliphatic heterocycles. The number of nitrogens with two attached hydrogens (primary N) is 1. The minimum atomic E-state index is -0.374. The minimum absolute atomic E-state index is 0.0527. The highest BCUT2D eigenvalue weighted by Crippen LogP contribution is 2.29. The fourth-order valence-corrected chi connectivity index (χ4v) is 6.69. The van der Waals surface area contributed by atoms with E-state index in [2.05, 4.69) is 80.2 Å². The molecule has 1 aromatic carbocycles. The standard InChI is InChI=1S/C26H41N3O2.C11H20N2S.C3H6/c1-19(22-12-6-4-7-13-22)16-17-27-21(3)25(30)28-24(23-14-8-5-9-15-23)26(31)29-18-10-11-20(29)2;1-4-7-8-10(5-2)9-11(14-12)13-6-3;1-2-3-1/h4,6-7,12-13,19-21,23-24,27H,5,8-11,14-18H2,1-3H3,(H,28,30);4-5,9-10,13H,1-2,6-8,12H2,3H3;1-3H2/b;11-9+;. The molecular formula is C40H67N5O2S. The van der Waals surface area contributed by atoms with Crippen molar-refractivity contribution in [1.29, 1.82) is 0 Å². The van der Waals surface area contributed by atoms with Gasteiger partial charge in [-0.25, -0.2) is 0 Å². The molecule has 7 nitrogen and oxygen atoms in total. The molecule has 5 unspecified atom stereocenters. The highest BCUT2D eigenvalue weighted by molar-refractivity contribution is 8.00. The van der Waals surface area contributed by atoms with Crippen molar-refractivity contribution >= 4 is 23.8 Å². The lowest BCUT2D eigenvalue weighted by molar-refractivity contribution is -0.139. The number of carbonyl (C=O) groups excluding carboxylic acids is 2. The lowest BCUT2D eigenvalue weighted by Gasteiger charge is -2.34. The van der Waals surface area contributed by atoms with Crippen LogP contribution in [0.2, 0.25) is 0 Å². The van der Waals surface area contributed by atoms with Gasteiger partial charge in [-0.3, -0.25) is 14.7 Å². The van der Waals surface area contributed by atoms with Crippen molar-refractivity contribution in [2.45, 2.75) is 135 Å². The largest absolute Gasteiger partial charge is 0.379 e. The summed E-state index contributed by atoms with van der Waals surface area (Å²) in [6.07, 6.45) is 21.3. The Bertz CT molecular complexity index is 1090. The van der Waals surface area contributed by atoms with Crippen LogP contribution in [0, 0.1) is 11.8 Å². The number of nitrogens with one attached hydrogen (secondary N) is 3. The Morgan fingerprint density at radius 3 is 2.21 bits per heavy atom. The first-order chi connectivity index (χ1) is 23.2. The van der Waals surface area contributed by atoms with E-state index in [4.69, 9.17) is 5.14 Å². The third-order valence-electron chi connectivity index (χ3n) is 9.51. The summed E-state index contributed by atoms with van der Waals surface area (Å²) in [7, 11) is 0. The monoisotopic (exact) mass is 682 g/mol. The normalized spacial score (nSPS) is 20.1. The molecule has 2 saturated carbocycles. The van der Waals surface area contributed by atoms with Crippen LogP contribution in [0.4, 0.5) is 0 Å². The number of carbonyl (C=O) groups is 2.